The number of nitrogens with zero attached hydrogens (tertiary/aromatic N) is 2. The lowest BCUT2D eigenvalue weighted by Crippen LogP contribution is -2.28. The molecule has 2 aromatic rings. The van der Waals surface area contributed by atoms with Crippen LogP contribution in [0.4, 0.5) is 5.82 Å². The van der Waals surface area contributed by atoms with Crippen LogP contribution in [0.1, 0.15) is 24.8 Å². The Labute approximate surface area is 125 Å². The molecule has 0 atom stereocenters. The van der Waals surface area contributed by atoms with Crippen LogP contribution in [-0.4, -0.2) is 24.1 Å². The third kappa shape index (κ3) is 2.66. The molecule has 3 nitrogen and oxygen atoms in total. The maximum Gasteiger partial charge on any atom is 0.136 e. The summed E-state index contributed by atoms with van der Waals surface area (Å²) in [5.41, 5.74) is 1.31. The van der Waals surface area contributed by atoms with Gasteiger partial charge < -0.3 is 10.2 Å². The topological polar surface area (TPSA) is 28.2 Å². The van der Waals surface area contributed by atoms with Crippen molar-refractivity contribution < 1.29 is 0 Å². The lowest BCUT2D eigenvalue weighted by atomic mass is 10.1. The molecule has 21 heavy (non-hydrogen) atoms. The normalized spacial score (nSPS) is 18.4. The van der Waals surface area contributed by atoms with Crippen molar-refractivity contribution in [3.05, 3.63) is 48.2 Å². The average Bonchev–Trinajstić information content (AvgIpc) is 3.38. The van der Waals surface area contributed by atoms with Gasteiger partial charge in [0.05, 0.1) is 0 Å². The summed E-state index contributed by atoms with van der Waals surface area (Å²) in [5.74, 6) is 1.13. The number of nitrogens with one attached hydrogen (secondary N) is 1. The van der Waals surface area contributed by atoms with Crippen LogP contribution < -0.4 is 10.2 Å². The van der Waals surface area contributed by atoms with Gasteiger partial charge in [0.25, 0.3) is 0 Å². The zero-order valence-corrected chi connectivity index (χ0v) is 12.3. The van der Waals surface area contributed by atoms with Crippen molar-refractivity contribution in [2.24, 2.45) is 0 Å². The Morgan fingerprint density at radius 1 is 1.14 bits per heavy atom. The molecule has 2 aliphatic rings. The number of aromatic nitrogens is 1. The van der Waals surface area contributed by atoms with E-state index in [4.69, 9.17) is 4.98 Å². The van der Waals surface area contributed by atoms with Gasteiger partial charge in [-0.05, 0) is 30.2 Å². The molecule has 0 amide bonds. The number of hydrogen-bond donors (Lipinski definition) is 1. The Bertz CT molecular complexity index is 673. The first-order valence-electron chi connectivity index (χ1n) is 7.92. The molecule has 0 saturated heterocycles. The highest BCUT2D eigenvalue weighted by molar-refractivity contribution is 5.94. The Kier molecular flexibility index (Phi) is 3.36. The maximum atomic E-state index is 4.78. The van der Waals surface area contributed by atoms with Crippen molar-refractivity contribution in [1.82, 2.24) is 10.3 Å². The zero-order valence-electron chi connectivity index (χ0n) is 12.3. The predicted octanol–water partition coefficient (Wildman–Crippen LogP) is 3.25. The van der Waals surface area contributed by atoms with Crippen LogP contribution in [0, 0.1) is 0 Å². The van der Waals surface area contributed by atoms with E-state index in [-0.39, 0.29) is 0 Å². The molecule has 1 aliphatic carbocycles. The third-order valence-corrected chi connectivity index (χ3v) is 4.37. The SMILES string of the molecule is C1=CCN(c2ncc(CNC3CC3)c3ccccc23)CC1. The summed E-state index contributed by atoms with van der Waals surface area (Å²) in [7, 11) is 0. The van der Waals surface area contributed by atoms with Crippen LogP contribution in [0.2, 0.25) is 0 Å². The molecular weight excluding hydrogens is 258 g/mol. The minimum Gasteiger partial charge on any atom is -0.352 e. The standard InChI is InChI=1S/C18H21N3/c1-4-10-21(11-5-1)18-17-7-3-2-6-16(17)14(13-20-18)12-19-15-8-9-15/h1-4,6-7,13,15,19H,5,8-12H2. The van der Waals surface area contributed by atoms with Gasteiger partial charge in [0.15, 0.2) is 0 Å². The van der Waals surface area contributed by atoms with E-state index in [2.05, 4.69) is 52.8 Å². The summed E-state index contributed by atoms with van der Waals surface area (Å²) in [6, 6.07) is 9.41. The molecule has 2 heterocycles. The molecule has 0 bridgehead atoms. The Morgan fingerprint density at radius 3 is 2.76 bits per heavy atom. The van der Waals surface area contributed by atoms with Crippen LogP contribution in [0.25, 0.3) is 10.8 Å². The van der Waals surface area contributed by atoms with Crippen LogP contribution in [-0.2, 0) is 6.54 Å². The fourth-order valence-corrected chi connectivity index (χ4v) is 3.00. The molecule has 1 saturated carbocycles. The van der Waals surface area contributed by atoms with Crippen LogP contribution in [0.3, 0.4) is 0 Å². The minimum absolute atomic E-state index is 0.732. The second kappa shape index (κ2) is 5.49. The molecule has 1 aromatic carbocycles. The molecule has 1 aromatic heterocycles. The Morgan fingerprint density at radius 2 is 2.00 bits per heavy atom. The van der Waals surface area contributed by atoms with Crippen molar-refractivity contribution in [3.8, 4) is 0 Å². The predicted molar refractivity (Wildman–Crippen MR) is 87.6 cm³/mol. The lowest BCUT2D eigenvalue weighted by molar-refractivity contribution is 0.689. The van der Waals surface area contributed by atoms with Gasteiger partial charge in [-0.15, -0.1) is 0 Å². The largest absolute Gasteiger partial charge is 0.352 e. The van der Waals surface area contributed by atoms with Gasteiger partial charge in [-0.2, -0.15) is 0 Å². The van der Waals surface area contributed by atoms with Gasteiger partial charge in [-0.1, -0.05) is 36.4 Å². The first kappa shape index (κ1) is 12.8. The first-order valence-corrected chi connectivity index (χ1v) is 7.92. The third-order valence-electron chi connectivity index (χ3n) is 4.37. The van der Waals surface area contributed by atoms with Crippen molar-refractivity contribution in [2.45, 2.75) is 31.8 Å². The lowest BCUT2D eigenvalue weighted by Gasteiger charge is -2.26. The summed E-state index contributed by atoms with van der Waals surface area (Å²) in [4.78, 5) is 7.16. The monoisotopic (exact) mass is 279 g/mol. The molecule has 108 valence electrons. The van der Waals surface area contributed by atoms with Crippen molar-refractivity contribution in [2.75, 3.05) is 18.0 Å². The van der Waals surface area contributed by atoms with E-state index >= 15 is 0 Å². The molecule has 1 fully saturated rings. The highest BCUT2D eigenvalue weighted by atomic mass is 15.2. The average molecular weight is 279 g/mol. The molecule has 4 rings (SSSR count). The van der Waals surface area contributed by atoms with Crippen molar-refractivity contribution >= 4 is 16.6 Å². The van der Waals surface area contributed by atoms with Crippen LogP contribution >= 0.6 is 0 Å². The summed E-state index contributed by atoms with van der Waals surface area (Å²) < 4.78 is 0. The van der Waals surface area contributed by atoms with Crippen molar-refractivity contribution in [3.63, 3.8) is 0 Å². The smallest absolute Gasteiger partial charge is 0.136 e. The van der Waals surface area contributed by atoms with E-state index in [1.165, 1.54) is 29.2 Å². The van der Waals surface area contributed by atoms with Gasteiger partial charge in [-0.25, -0.2) is 4.98 Å². The molecule has 1 N–H and O–H groups in total. The molecule has 1 aliphatic heterocycles. The number of hydrogen-bond acceptors (Lipinski definition) is 3. The Hall–Kier alpha value is -1.87. The summed E-state index contributed by atoms with van der Waals surface area (Å²) >= 11 is 0. The van der Waals surface area contributed by atoms with E-state index in [1.54, 1.807) is 0 Å². The fraction of sp³-hybridized carbons (Fsp3) is 0.389. The molecule has 0 unspecified atom stereocenters. The van der Waals surface area contributed by atoms with Gasteiger partial charge in [-0.3, -0.25) is 0 Å². The fourth-order valence-electron chi connectivity index (χ4n) is 3.00. The summed E-state index contributed by atoms with van der Waals surface area (Å²) in [6.45, 7) is 2.96. The Balaban J connectivity index is 1.71. The molecule has 0 radical (unpaired) electrons. The van der Waals surface area contributed by atoms with Gasteiger partial charge in [0.2, 0.25) is 0 Å². The van der Waals surface area contributed by atoms with Gasteiger partial charge in [0, 0.05) is 37.3 Å². The highest BCUT2D eigenvalue weighted by Gasteiger charge is 2.21. The number of pyridine rings is 1. The molecular formula is C18H21N3. The van der Waals surface area contributed by atoms with E-state index in [1.807, 2.05) is 0 Å². The quantitative estimate of drug-likeness (QED) is 0.871. The summed E-state index contributed by atoms with van der Waals surface area (Å²) in [5, 5.41) is 6.22. The first-order chi connectivity index (χ1) is 10.4. The molecule has 0 spiro atoms. The number of fused-ring (bicyclic) bond motifs is 1. The molecule has 3 heteroatoms. The zero-order chi connectivity index (χ0) is 14.1. The number of rotatable bonds is 4. The number of anilines is 1. The van der Waals surface area contributed by atoms with E-state index in [0.29, 0.717) is 0 Å². The van der Waals surface area contributed by atoms with E-state index < -0.39 is 0 Å². The number of benzene rings is 1. The summed E-state index contributed by atoms with van der Waals surface area (Å²) in [6.07, 6.45) is 10.3. The van der Waals surface area contributed by atoms with Crippen LogP contribution in [0.15, 0.2) is 42.6 Å². The van der Waals surface area contributed by atoms with Crippen molar-refractivity contribution in [1.29, 1.82) is 0 Å². The second-order valence-corrected chi connectivity index (χ2v) is 6.01. The van der Waals surface area contributed by atoms with E-state index in [0.717, 1.165) is 37.9 Å². The van der Waals surface area contributed by atoms with Gasteiger partial charge >= 0.3 is 0 Å². The van der Waals surface area contributed by atoms with Crippen LogP contribution in [0.5, 0.6) is 0 Å². The minimum atomic E-state index is 0.732. The maximum absolute atomic E-state index is 4.78. The van der Waals surface area contributed by atoms with Gasteiger partial charge in [0.1, 0.15) is 5.82 Å². The second-order valence-electron chi connectivity index (χ2n) is 6.01. The van der Waals surface area contributed by atoms with E-state index in [9.17, 15) is 0 Å². The highest BCUT2D eigenvalue weighted by Crippen LogP contribution is 2.29.